The molecule has 0 aromatic carbocycles. The Morgan fingerprint density at radius 3 is 2.72 bits per heavy atom. The largest absolute Gasteiger partial charge is 0.369 e. The average Bonchev–Trinajstić information content (AvgIpc) is 2.78. The number of amides is 2. The maximum Gasteiger partial charge on any atom is 0.269 e. The smallest absolute Gasteiger partial charge is 0.269 e. The Bertz CT molecular complexity index is 883. The van der Waals surface area contributed by atoms with Gasteiger partial charge in [0.1, 0.15) is 17.4 Å². The predicted molar refractivity (Wildman–Crippen MR) is 107 cm³/mol. The van der Waals surface area contributed by atoms with Gasteiger partial charge in [0, 0.05) is 32.5 Å². The first kappa shape index (κ1) is 20.9. The third kappa shape index (κ3) is 4.60. The molecule has 3 rings (SSSR count). The van der Waals surface area contributed by atoms with Crippen LogP contribution in [0.3, 0.4) is 0 Å². The van der Waals surface area contributed by atoms with Crippen molar-refractivity contribution in [3.63, 3.8) is 0 Å². The Morgan fingerprint density at radius 1 is 1.28 bits per heavy atom. The number of nitrogens with one attached hydrogen (secondary N) is 1. The molecule has 0 radical (unpaired) electrons. The van der Waals surface area contributed by atoms with Crippen LogP contribution in [0, 0.1) is 0 Å². The second kappa shape index (κ2) is 8.67. The van der Waals surface area contributed by atoms with Crippen molar-refractivity contribution in [2.24, 2.45) is 0 Å². The Balaban J connectivity index is 1.78. The second-order valence-electron chi connectivity index (χ2n) is 7.28. The van der Waals surface area contributed by atoms with Crippen molar-refractivity contribution in [1.82, 2.24) is 20.2 Å². The summed E-state index contributed by atoms with van der Waals surface area (Å²) < 4.78 is 11.2. The first-order valence-electron chi connectivity index (χ1n) is 9.47. The molecule has 1 atom stereocenters. The third-order valence-corrected chi connectivity index (χ3v) is 5.00. The molecule has 29 heavy (non-hydrogen) atoms. The minimum atomic E-state index is -0.880. The van der Waals surface area contributed by atoms with Crippen LogP contribution in [-0.4, -0.2) is 66.1 Å². The lowest BCUT2D eigenvalue weighted by molar-refractivity contribution is -0.158. The predicted octanol–water partition coefficient (Wildman–Crippen LogP) is 1.83. The minimum Gasteiger partial charge on any atom is -0.369 e. The van der Waals surface area contributed by atoms with Crippen molar-refractivity contribution in [2.75, 3.05) is 33.9 Å². The standard InChI is InChI=1S/C21H26N4O4/c1-21(2,28-4)20(27)25-10-11-29-18(13-25)16-7-5-6-15(24-16)14-8-9-17(23-12-14)19(26)22-3/h5-9,12,18H,10-11,13H2,1-4H3,(H,22,26). The van der Waals surface area contributed by atoms with Crippen LogP contribution in [0.15, 0.2) is 36.5 Å². The van der Waals surface area contributed by atoms with E-state index in [0.29, 0.717) is 25.4 Å². The van der Waals surface area contributed by atoms with Crippen LogP contribution in [0.2, 0.25) is 0 Å². The molecule has 154 valence electrons. The highest BCUT2D eigenvalue weighted by Crippen LogP contribution is 2.25. The first-order valence-corrected chi connectivity index (χ1v) is 9.47. The number of morpholine rings is 1. The van der Waals surface area contributed by atoms with Crippen LogP contribution in [0.25, 0.3) is 11.3 Å². The fourth-order valence-electron chi connectivity index (χ4n) is 3.08. The summed E-state index contributed by atoms with van der Waals surface area (Å²) >= 11 is 0. The average molecular weight is 398 g/mol. The Kier molecular flexibility index (Phi) is 6.24. The van der Waals surface area contributed by atoms with Gasteiger partial charge >= 0.3 is 0 Å². The van der Waals surface area contributed by atoms with Gasteiger partial charge in [-0.2, -0.15) is 0 Å². The molecular weight excluding hydrogens is 372 g/mol. The maximum atomic E-state index is 12.7. The fraction of sp³-hybridized carbons (Fsp3) is 0.429. The van der Waals surface area contributed by atoms with E-state index in [1.54, 1.807) is 38.1 Å². The Morgan fingerprint density at radius 2 is 2.07 bits per heavy atom. The van der Waals surface area contributed by atoms with Crippen molar-refractivity contribution in [3.8, 4) is 11.3 Å². The molecule has 8 heteroatoms. The lowest BCUT2D eigenvalue weighted by Gasteiger charge is -2.36. The molecule has 0 bridgehead atoms. The number of hydrogen-bond acceptors (Lipinski definition) is 6. The van der Waals surface area contributed by atoms with E-state index in [9.17, 15) is 9.59 Å². The molecule has 1 N–H and O–H groups in total. The highest BCUT2D eigenvalue weighted by atomic mass is 16.5. The summed E-state index contributed by atoms with van der Waals surface area (Å²) in [4.78, 5) is 35.0. The van der Waals surface area contributed by atoms with Gasteiger partial charge in [0.15, 0.2) is 0 Å². The van der Waals surface area contributed by atoms with Crippen molar-refractivity contribution in [1.29, 1.82) is 0 Å². The lowest BCUT2D eigenvalue weighted by Crippen LogP contribution is -2.51. The van der Waals surface area contributed by atoms with Gasteiger partial charge in [0.2, 0.25) is 0 Å². The molecule has 1 unspecified atom stereocenters. The zero-order chi connectivity index (χ0) is 21.0. The number of nitrogens with zero attached hydrogens (tertiary/aromatic N) is 3. The summed E-state index contributed by atoms with van der Waals surface area (Å²) in [7, 11) is 3.10. The molecule has 0 aliphatic carbocycles. The molecule has 1 saturated heterocycles. The van der Waals surface area contributed by atoms with E-state index < -0.39 is 5.60 Å². The van der Waals surface area contributed by atoms with Gasteiger partial charge in [-0.15, -0.1) is 0 Å². The Hall–Kier alpha value is -2.84. The van der Waals surface area contributed by atoms with E-state index >= 15 is 0 Å². The van der Waals surface area contributed by atoms with Crippen molar-refractivity contribution < 1.29 is 19.1 Å². The van der Waals surface area contributed by atoms with E-state index in [0.717, 1.165) is 17.0 Å². The summed E-state index contributed by atoms with van der Waals surface area (Å²) in [6, 6.07) is 9.12. The zero-order valence-electron chi connectivity index (χ0n) is 17.1. The minimum absolute atomic E-state index is 0.0709. The van der Waals surface area contributed by atoms with Crippen molar-refractivity contribution in [3.05, 3.63) is 47.9 Å². The number of methoxy groups -OCH3 is 1. The molecule has 1 aliphatic heterocycles. The highest BCUT2D eigenvalue weighted by molar-refractivity contribution is 5.92. The molecule has 3 heterocycles. The van der Waals surface area contributed by atoms with Gasteiger partial charge in [-0.05, 0) is 38.1 Å². The van der Waals surface area contributed by atoms with E-state index in [1.165, 1.54) is 7.11 Å². The molecule has 2 aromatic heterocycles. The van der Waals surface area contributed by atoms with Gasteiger partial charge in [-0.3, -0.25) is 14.6 Å². The molecule has 2 amide bonds. The summed E-state index contributed by atoms with van der Waals surface area (Å²) in [6.45, 7) is 4.88. The molecule has 1 aliphatic rings. The van der Waals surface area contributed by atoms with Crippen LogP contribution in [0.4, 0.5) is 0 Å². The quantitative estimate of drug-likeness (QED) is 0.826. The van der Waals surface area contributed by atoms with E-state index in [-0.39, 0.29) is 17.9 Å². The molecule has 1 fully saturated rings. The molecular formula is C21H26N4O4. The van der Waals surface area contributed by atoms with Crippen molar-refractivity contribution >= 4 is 11.8 Å². The lowest BCUT2D eigenvalue weighted by atomic mass is 10.1. The molecule has 0 spiro atoms. The molecule has 2 aromatic rings. The van der Waals surface area contributed by atoms with E-state index in [4.69, 9.17) is 14.5 Å². The third-order valence-electron chi connectivity index (χ3n) is 5.00. The van der Waals surface area contributed by atoms with Crippen LogP contribution < -0.4 is 5.32 Å². The summed E-state index contributed by atoms with van der Waals surface area (Å²) in [5, 5.41) is 2.55. The topological polar surface area (TPSA) is 93.7 Å². The monoisotopic (exact) mass is 398 g/mol. The molecule has 8 nitrogen and oxygen atoms in total. The van der Waals surface area contributed by atoms with Gasteiger partial charge in [0.05, 0.1) is 24.5 Å². The van der Waals surface area contributed by atoms with Gasteiger partial charge in [0.25, 0.3) is 11.8 Å². The first-order chi connectivity index (χ1) is 13.9. The summed E-state index contributed by atoms with van der Waals surface area (Å²) in [6.07, 6.45) is 1.30. The Labute approximate surface area is 170 Å². The van der Waals surface area contributed by atoms with Gasteiger partial charge < -0.3 is 19.7 Å². The second-order valence-corrected chi connectivity index (χ2v) is 7.28. The van der Waals surface area contributed by atoms with Crippen molar-refractivity contribution in [2.45, 2.75) is 25.6 Å². The number of hydrogen-bond donors (Lipinski definition) is 1. The summed E-state index contributed by atoms with van der Waals surface area (Å²) in [5.41, 5.74) is 1.73. The number of carbonyl (C=O) groups excluding carboxylic acids is 2. The van der Waals surface area contributed by atoms with Crippen LogP contribution in [-0.2, 0) is 14.3 Å². The number of aromatic nitrogens is 2. The molecule has 0 saturated carbocycles. The number of pyridine rings is 2. The van der Waals surface area contributed by atoms with E-state index in [2.05, 4.69) is 10.3 Å². The van der Waals surface area contributed by atoms with Gasteiger partial charge in [-0.25, -0.2) is 4.98 Å². The van der Waals surface area contributed by atoms with Gasteiger partial charge in [-0.1, -0.05) is 6.07 Å². The van der Waals surface area contributed by atoms with Crippen LogP contribution in [0.1, 0.15) is 36.1 Å². The SMILES string of the molecule is CNC(=O)c1ccc(-c2cccc(C3CN(C(=O)C(C)(C)OC)CCO3)n2)cn1. The number of ether oxygens (including phenoxy) is 2. The normalized spacial score (nSPS) is 17.1. The number of rotatable bonds is 5. The number of carbonyl (C=O) groups is 2. The highest BCUT2D eigenvalue weighted by Gasteiger charge is 2.35. The van der Waals surface area contributed by atoms with Crippen LogP contribution >= 0.6 is 0 Å². The maximum absolute atomic E-state index is 12.7. The summed E-state index contributed by atoms with van der Waals surface area (Å²) in [5.74, 6) is -0.309. The van der Waals surface area contributed by atoms with E-state index in [1.807, 2.05) is 24.3 Å². The zero-order valence-corrected chi connectivity index (χ0v) is 17.1. The van der Waals surface area contributed by atoms with Crippen LogP contribution in [0.5, 0.6) is 0 Å². The fourth-order valence-corrected chi connectivity index (χ4v) is 3.08.